The van der Waals surface area contributed by atoms with Gasteiger partial charge in [-0.15, -0.1) is 0 Å². The van der Waals surface area contributed by atoms with Crippen molar-refractivity contribution in [2.45, 2.75) is 6.92 Å². The zero-order valence-electron chi connectivity index (χ0n) is 8.53. The first-order valence-corrected chi connectivity index (χ1v) is 5.80. The number of hydrogen-bond donors (Lipinski definition) is 1. The molecule has 5 heteroatoms. The molecule has 1 aromatic carbocycles. The normalized spacial score (nSPS) is 10.1. The highest BCUT2D eigenvalue weighted by Gasteiger charge is 2.08. The topological polar surface area (TPSA) is 42.0 Å². The van der Waals surface area contributed by atoms with Crippen LogP contribution in [0.5, 0.6) is 0 Å². The monoisotopic (exact) mass is 252 g/mol. The average Bonchev–Trinajstić information content (AvgIpc) is 2.77. The summed E-state index contributed by atoms with van der Waals surface area (Å²) in [5.41, 5.74) is 1.67. The molecule has 0 fully saturated rings. The fraction of sp³-hybridized carbons (Fsp3) is 0.0909. The van der Waals surface area contributed by atoms with E-state index in [1.54, 1.807) is 18.3 Å². The van der Waals surface area contributed by atoms with E-state index in [4.69, 9.17) is 11.6 Å². The average molecular weight is 253 g/mol. The van der Waals surface area contributed by atoms with Crippen LogP contribution in [-0.2, 0) is 0 Å². The van der Waals surface area contributed by atoms with E-state index in [-0.39, 0.29) is 5.91 Å². The van der Waals surface area contributed by atoms with Crippen LogP contribution in [0.1, 0.15) is 15.2 Å². The van der Waals surface area contributed by atoms with E-state index >= 15 is 0 Å². The summed E-state index contributed by atoms with van der Waals surface area (Å²) in [7, 11) is 0. The number of amides is 1. The van der Waals surface area contributed by atoms with Crippen LogP contribution in [0.2, 0.25) is 5.02 Å². The van der Waals surface area contributed by atoms with Crippen LogP contribution in [0.25, 0.3) is 0 Å². The van der Waals surface area contributed by atoms with Crippen LogP contribution in [0, 0.1) is 6.92 Å². The van der Waals surface area contributed by atoms with Gasteiger partial charge >= 0.3 is 0 Å². The van der Waals surface area contributed by atoms with Crippen molar-refractivity contribution in [1.29, 1.82) is 0 Å². The van der Waals surface area contributed by atoms with Gasteiger partial charge in [-0.25, -0.2) is 4.37 Å². The highest BCUT2D eigenvalue weighted by molar-refractivity contribution is 7.08. The molecule has 3 nitrogen and oxygen atoms in total. The van der Waals surface area contributed by atoms with Crippen LogP contribution in [0.4, 0.5) is 5.69 Å². The van der Waals surface area contributed by atoms with E-state index in [0.717, 1.165) is 17.1 Å². The number of carbonyl (C=O) groups is 1. The minimum atomic E-state index is -0.164. The number of carbonyl (C=O) groups excluding carboxylic acids is 1. The molecule has 0 spiro atoms. The molecule has 2 aromatic rings. The number of aromatic nitrogens is 1. The minimum absolute atomic E-state index is 0.164. The van der Waals surface area contributed by atoms with Gasteiger partial charge < -0.3 is 5.32 Å². The highest BCUT2D eigenvalue weighted by Crippen LogP contribution is 2.20. The largest absolute Gasteiger partial charge is 0.321 e. The smallest absolute Gasteiger partial charge is 0.267 e. The van der Waals surface area contributed by atoms with Gasteiger partial charge in [0.2, 0.25) is 0 Å². The number of benzene rings is 1. The summed E-state index contributed by atoms with van der Waals surface area (Å²) in [4.78, 5) is 12.3. The number of anilines is 1. The molecular formula is C11H9ClN2OS. The van der Waals surface area contributed by atoms with E-state index in [0.29, 0.717) is 15.6 Å². The molecule has 0 saturated carbocycles. The van der Waals surface area contributed by atoms with Gasteiger partial charge in [-0.3, -0.25) is 4.79 Å². The molecule has 1 amide bonds. The van der Waals surface area contributed by atoms with Gasteiger partial charge in [0.05, 0.1) is 0 Å². The molecule has 1 N–H and O–H groups in total. The van der Waals surface area contributed by atoms with Crippen LogP contribution >= 0.6 is 23.1 Å². The van der Waals surface area contributed by atoms with Crippen LogP contribution in [0.15, 0.2) is 30.5 Å². The number of nitrogens with one attached hydrogen (secondary N) is 1. The third-order valence-electron chi connectivity index (χ3n) is 2.09. The third kappa shape index (κ3) is 2.40. The first-order valence-electron chi connectivity index (χ1n) is 4.65. The van der Waals surface area contributed by atoms with Crippen LogP contribution in [-0.4, -0.2) is 10.3 Å². The zero-order chi connectivity index (χ0) is 11.5. The maximum absolute atomic E-state index is 11.7. The van der Waals surface area contributed by atoms with E-state index in [2.05, 4.69) is 9.69 Å². The second-order valence-electron chi connectivity index (χ2n) is 3.29. The molecule has 0 aliphatic carbocycles. The summed E-state index contributed by atoms with van der Waals surface area (Å²) in [6.07, 6.45) is 1.60. The van der Waals surface area contributed by atoms with Crippen molar-refractivity contribution >= 4 is 34.7 Å². The predicted molar refractivity (Wildman–Crippen MR) is 66.3 cm³/mol. The van der Waals surface area contributed by atoms with E-state index in [1.807, 2.05) is 19.1 Å². The van der Waals surface area contributed by atoms with Gasteiger partial charge in [0.15, 0.2) is 0 Å². The Balaban J connectivity index is 2.15. The van der Waals surface area contributed by atoms with Gasteiger partial charge in [-0.2, -0.15) is 0 Å². The van der Waals surface area contributed by atoms with Crippen LogP contribution < -0.4 is 5.32 Å². The number of hydrogen-bond acceptors (Lipinski definition) is 3. The molecule has 0 atom stereocenters. The second-order valence-corrected chi connectivity index (χ2v) is 4.54. The molecule has 0 saturated heterocycles. The lowest BCUT2D eigenvalue weighted by molar-refractivity contribution is 0.103. The van der Waals surface area contributed by atoms with E-state index in [9.17, 15) is 4.79 Å². The van der Waals surface area contributed by atoms with Crippen molar-refractivity contribution in [1.82, 2.24) is 4.37 Å². The summed E-state index contributed by atoms with van der Waals surface area (Å²) in [5, 5.41) is 3.40. The molecule has 1 heterocycles. The van der Waals surface area contributed by atoms with Crippen molar-refractivity contribution in [2.75, 3.05) is 5.32 Å². The Morgan fingerprint density at radius 2 is 2.25 bits per heavy atom. The van der Waals surface area contributed by atoms with E-state index < -0.39 is 0 Å². The fourth-order valence-corrected chi connectivity index (χ4v) is 1.87. The third-order valence-corrected chi connectivity index (χ3v) is 3.24. The molecule has 0 radical (unpaired) electrons. The Hall–Kier alpha value is -1.39. The maximum atomic E-state index is 11.7. The lowest BCUT2D eigenvalue weighted by Crippen LogP contribution is -2.09. The Morgan fingerprint density at radius 1 is 1.44 bits per heavy atom. The highest BCUT2D eigenvalue weighted by atomic mass is 35.5. The van der Waals surface area contributed by atoms with Crippen molar-refractivity contribution in [2.24, 2.45) is 0 Å². The lowest BCUT2D eigenvalue weighted by atomic mass is 10.2. The standard InChI is InChI=1S/C11H9ClN2OS/c1-7-2-3-8(6-9(7)12)14-11(15)10-4-5-13-16-10/h2-6H,1H3,(H,14,15). The van der Waals surface area contributed by atoms with Crippen molar-refractivity contribution in [3.63, 3.8) is 0 Å². The minimum Gasteiger partial charge on any atom is -0.321 e. The molecule has 0 aliphatic rings. The first-order chi connectivity index (χ1) is 7.66. The summed E-state index contributed by atoms with van der Waals surface area (Å²) < 4.78 is 3.87. The molecule has 82 valence electrons. The Labute approximate surface area is 102 Å². The number of aryl methyl sites for hydroxylation is 1. The quantitative estimate of drug-likeness (QED) is 0.891. The summed E-state index contributed by atoms with van der Waals surface area (Å²) in [6.45, 7) is 1.91. The van der Waals surface area contributed by atoms with Crippen molar-refractivity contribution in [3.05, 3.63) is 45.9 Å². The van der Waals surface area contributed by atoms with Crippen LogP contribution in [0.3, 0.4) is 0 Å². The predicted octanol–water partition coefficient (Wildman–Crippen LogP) is 3.36. The summed E-state index contributed by atoms with van der Waals surface area (Å²) in [5.74, 6) is -0.164. The fourth-order valence-electron chi connectivity index (χ4n) is 1.20. The van der Waals surface area contributed by atoms with Gasteiger partial charge in [-0.05, 0) is 42.2 Å². The molecule has 0 bridgehead atoms. The molecule has 0 aliphatic heterocycles. The maximum Gasteiger partial charge on any atom is 0.267 e. The number of rotatable bonds is 2. The summed E-state index contributed by atoms with van der Waals surface area (Å²) in [6, 6.07) is 7.09. The molecular weight excluding hydrogens is 244 g/mol. The molecule has 2 rings (SSSR count). The Morgan fingerprint density at radius 3 is 2.88 bits per heavy atom. The zero-order valence-corrected chi connectivity index (χ0v) is 10.1. The van der Waals surface area contributed by atoms with E-state index in [1.165, 1.54) is 0 Å². The Bertz CT molecular complexity index is 511. The lowest BCUT2D eigenvalue weighted by Gasteiger charge is -2.05. The van der Waals surface area contributed by atoms with Gasteiger partial charge in [0.1, 0.15) is 4.88 Å². The molecule has 0 unspecified atom stereocenters. The van der Waals surface area contributed by atoms with Gasteiger partial charge in [0, 0.05) is 16.9 Å². The Kier molecular flexibility index (Phi) is 3.22. The molecule has 16 heavy (non-hydrogen) atoms. The number of nitrogens with zero attached hydrogens (tertiary/aromatic N) is 1. The SMILES string of the molecule is Cc1ccc(NC(=O)c2ccns2)cc1Cl. The van der Waals surface area contributed by atoms with Crippen molar-refractivity contribution < 1.29 is 4.79 Å². The second kappa shape index (κ2) is 4.63. The number of halogens is 1. The summed E-state index contributed by atoms with van der Waals surface area (Å²) >= 11 is 7.12. The van der Waals surface area contributed by atoms with Crippen molar-refractivity contribution in [3.8, 4) is 0 Å². The van der Waals surface area contributed by atoms with Gasteiger partial charge in [0.25, 0.3) is 5.91 Å². The van der Waals surface area contributed by atoms with Gasteiger partial charge in [-0.1, -0.05) is 17.7 Å². The first kappa shape index (κ1) is 11.1. The molecule has 1 aromatic heterocycles.